The molecule has 0 saturated heterocycles. The van der Waals surface area contributed by atoms with E-state index in [0.29, 0.717) is 20.9 Å². The van der Waals surface area contributed by atoms with Crippen LogP contribution in [0.2, 0.25) is 0 Å². The molecule has 0 saturated carbocycles. The van der Waals surface area contributed by atoms with E-state index in [0.717, 1.165) is 16.6 Å². The SMILES string of the molecule is Cc1cc(C(C)(C)C)cc(Pc2ccccc2C[N-]c2ccccc2)c1O.[Cl][Ti+]. The topological polar surface area (TPSA) is 34.3 Å². The van der Waals surface area contributed by atoms with Crippen LogP contribution in [0, 0.1) is 6.92 Å². The molecule has 0 aliphatic rings. The van der Waals surface area contributed by atoms with E-state index >= 15 is 0 Å². The van der Waals surface area contributed by atoms with Crippen molar-refractivity contribution >= 4 is 34.2 Å². The number of aromatic hydroxyl groups is 1. The van der Waals surface area contributed by atoms with Gasteiger partial charge in [-0.3, -0.25) is 0 Å². The first-order chi connectivity index (χ1) is 13.8. The zero-order chi connectivity index (χ0) is 21.4. The van der Waals surface area contributed by atoms with E-state index in [1.165, 1.54) is 35.8 Å². The number of hydrogen-bond acceptors (Lipinski definition) is 1. The average molecular weight is 460 g/mol. The fourth-order valence-electron chi connectivity index (χ4n) is 2.94. The molecular formula is C24H27ClNOPTi. The van der Waals surface area contributed by atoms with Crippen molar-refractivity contribution in [2.24, 2.45) is 0 Å². The number of para-hydroxylation sites is 1. The monoisotopic (exact) mass is 459 g/mol. The summed E-state index contributed by atoms with van der Waals surface area (Å²) in [7, 11) is 5.04. The molecule has 150 valence electrons. The second-order valence-electron chi connectivity index (χ2n) is 7.87. The standard InChI is InChI=1S/C24H27NOP.ClH.Ti/c1-17-14-19(24(2,3)4)15-22(23(17)26)27-21-13-9-8-10-18(21)16-25-20-11-6-5-7-12-20;;/h5-15,26-27H,16H2,1-4H3;1H;/q-1;;+2/p-1. The first-order valence-corrected chi connectivity index (χ1v) is 12.6. The Labute approximate surface area is 192 Å². The number of rotatable bonds is 5. The molecular weight excluding hydrogens is 433 g/mol. The van der Waals surface area contributed by atoms with E-state index in [-0.39, 0.29) is 5.41 Å². The van der Waals surface area contributed by atoms with Gasteiger partial charge in [-0.05, 0) is 34.8 Å². The Balaban J connectivity index is 0.00000145. The zero-order valence-corrected chi connectivity index (χ0v) is 20.6. The predicted octanol–water partition coefficient (Wildman–Crippen LogP) is 6.52. The Morgan fingerprint density at radius 2 is 1.55 bits per heavy atom. The molecule has 3 aromatic carbocycles. The Hall–Kier alpha value is -1.31. The summed E-state index contributed by atoms with van der Waals surface area (Å²) in [6.45, 7) is 9.25. The van der Waals surface area contributed by atoms with Gasteiger partial charge in [-0.2, -0.15) is 0 Å². The van der Waals surface area contributed by atoms with Crippen LogP contribution in [0.4, 0.5) is 5.69 Å². The van der Waals surface area contributed by atoms with Crippen molar-refractivity contribution in [1.29, 1.82) is 0 Å². The Bertz CT molecular complexity index is 926. The molecule has 5 heteroatoms. The predicted molar refractivity (Wildman–Crippen MR) is 125 cm³/mol. The normalized spacial score (nSPS) is 11.2. The minimum atomic E-state index is 0.0554. The van der Waals surface area contributed by atoms with Crippen LogP contribution in [-0.4, -0.2) is 5.11 Å². The third kappa shape index (κ3) is 6.87. The molecule has 0 heterocycles. The van der Waals surface area contributed by atoms with Crippen molar-refractivity contribution in [2.75, 3.05) is 0 Å². The van der Waals surface area contributed by atoms with Gasteiger partial charge < -0.3 is 10.4 Å². The summed E-state index contributed by atoms with van der Waals surface area (Å²) in [6, 6.07) is 22.7. The number of nitrogens with zero attached hydrogens (tertiary/aromatic N) is 1. The molecule has 29 heavy (non-hydrogen) atoms. The van der Waals surface area contributed by atoms with Crippen LogP contribution in [0.15, 0.2) is 66.7 Å². The van der Waals surface area contributed by atoms with Gasteiger partial charge in [-0.25, -0.2) is 0 Å². The van der Waals surface area contributed by atoms with Gasteiger partial charge in [0, 0.05) is 5.30 Å². The van der Waals surface area contributed by atoms with Crippen LogP contribution in [-0.2, 0) is 31.3 Å². The average Bonchev–Trinajstić information content (AvgIpc) is 2.72. The summed E-state index contributed by atoms with van der Waals surface area (Å²) in [5.41, 5.74) is 4.45. The van der Waals surface area contributed by atoms with E-state index in [1.807, 2.05) is 37.3 Å². The minimum absolute atomic E-state index is 0.0554. The van der Waals surface area contributed by atoms with Crippen molar-refractivity contribution in [3.05, 3.63) is 88.7 Å². The van der Waals surface area contributed by atoms with Gasteiger partial charge in [0.15, 0.2) is 0 Å². The van der Waals surface area contributed by atoms with Gasteiger partial charge in [0.05, 0.1) is 0 Å². The second-order valence-corrected chi connectivity index (χ2v) is 9.20. The van der Waals surface area contributed by atoms with Crippen molar-refractivity contribution in [3.8, 4) is 5.75 Å². The zero-order valence-electron chi connectivity index (χ0n) is 17.3. The van der Waals surface area contributed by atoms with Crippen molar-refractivity contribution in [1.82, 2.24) is 0 Å². The van der Waals surface area contributed by atoms with Crippen LogP contribution >= 0.6 is 17.9 Å². The molecule has 0 amide bonds. The van der Waals surface area contributed by atoms with Gasteiger partial charge in [-0.1, -0.05) is 95.6 Å². The van der Waals surface area contributed by atoms with Crippen LogP contribution in [0.3, 0.4) is 0 Å². The van der Waals surface area contributed by atoms with Gasteiger partial charge in [-0.15, -0.1) is 12.2 Å². The summed E-state index contributed by atoms with van der Waals surface area (Å²) in [5, 5.41) is 17.6. The molecule has 0 spiro atoms. The number of hydrogen-bond donors (Lipinski definition) is 1. The molecule has 0 radical (unpaired) electrons. The van der Waals surface area contributed by atoms with Gasteiger partial charge in [0.1, 0.15) is 5.75 Å². The quantitative estimate of drug-likeness (QED) is 0.342. The number of aryl methyl sites for hydroxylation is 1. The molecule has 0 aromatic heterocycles. The Kier molecular flexibility index (Phi) is 9.24. The number of halogens is 1. The van der Waals surface area contributed by atoms with Gasteiger partial charge in [0.2, 0.25) is 0 Å². The number of phenols is 1. The fraction of sp³-hybridized carbons (Fsp3) is 0.250. The number of phenolic OH excluding ortho intramolecular Hbond substituents is 1. The Morgan fingerprint density at radius 3 is 2.21 bits per heavy atom. The maximum absolute atomic E-state index is 10.6. The van der Waals surface area contributed by atoms with E-state index in [4.69, 9.17) is 5.32 Å². The second kappa shape index (κ2) is 11.2. The third-order valence-corrected chi connectivity index (χ3v) is 6.05. The molecule has 3 rings (SSSR count). The number of benzene rings is 3. The molecule has 1 N–H and O–H groups in total. The summed E-state index contributed by atoms with van der Waals surface area (Å²) in [4.78, 5) is 0. The van der Waals surface area contributed by atoms with E-state index in [9.17, 15) is 5.11 Å². The van der Waals surface area contributed by atoms with E-state index < -0.39 is 0 Å². The van der Waals surface area contributed by atoms with E-state index in [1.54, 1.807) is 0 Å². The fourth-order valence-corrected chi connectivity index (χ4v) is 4.28. The molecule has 0 aliphatic heterocycles. The molecule has 3 aromatic rings. The Morgan fingerprint density at radius 1 is 0.931 bits per heavy atom. The van der Waals surface area contributed by atoms with Crippen molar-refractivity contribution < 1.29 is 24.5 Å². The molecule has 2 nitrogen and oxygen atoms in total. The maximum atomic E-state index is 10.6. The van der Waals surface area contributed by atoms with Gasteiger partial charge in [0.25, 0.3) is 0 Å². The van der Waals surface area contributed by atoms with Crippen LogP contribution < -0.4 is 10.6 Å². The van der Waals surface area contributed by atoms with Crippen LogP contribution in [0.25, 0.3) is 5.32 Å². The summed E-state index contributed by atoms with van der Waals surface area (Å²) in [6.07, 6.45) is 0. The summed E-state index contributed by atoms with van der Waals surface area (Å²) < 4.78 is 0. The molecule has 0 fully saturated rings. The van der Waals surface area contributed by atoms with E-state index in [2.05, 4.69) is 66.5 Å². The first kappa shape index (κ1) is 24.0. The molecule has 0 aliphatic carbocycles. The summed E-state index contributed by atoms with van der Waals surface area (Å²) in [5.74, 6) is 0.413. The first-order valence-electron chi connectivity index (χ1n) is 9.45. The molecule has 1 atom stereocenters. The van der Waals surface area contributed by atoms with Crippen LogP contribution in [0.1, 0.15) is 37.5 Å². The van der Waals surface area contributed by atoms with Crippen molar-refractivity contribution in [2.45, 2.75) is 39.7 Å². The van der Waals surface area contributed by atoms with Gasteiger partial charge >= 0.3 is 28.7 Å². The third-order valence-electron chi connectivity index (χ3n) is 4.64. The molecule has 0 bridgehead atoms. The van der Waals surface area contributed by atoms with Crippen molar-refractivity contribution in [3.63, 3.8) is 0 Å². The molecule has 1 unspecified atom stereocenters. The summed E-state index contributed by atoms with van der Waals surface area (Å²) >= 11 is 1.47. The van der Waals surface area contributed by atoms with Crippen LogP contribution in [0.5, 0.6) is 5.75 Å².